The number of rotatable bonds is 3. The standard InChI is InChI=1S/C32H34ClF4N7O2/c33-23-8-24-21(12-39-42-24)25-20(23)4-1-2-7-45-15-18-9-32(36,37)16-43(13-18)29-22-11-38-28(25)26(35)27(22)40-30(41-29)46-17-31-5-3-6-44(31)14-19(34)10-31/h8,11-12,18-19H,1-7,9-10,13-17H2,(H,39,42)/t18?,19-,31+/m1/s1. The second kappa shape index (κ2) is 11.4. The van der Waals surface area contributed by atoms with E-state index in [1.54, 1.807) is 12.3 Å². The monoisotopic (exact) mass is 659 g/mol. The van der Waals surface area contributed by atoms with E-state index in [0.29, 0.717) is 60.3 Å². The van der Waals surface area contributed by atoms with Crippen molar-refractivity contribution in [2.24, 2.45) is 5.92 Å². The van der Waals surface area contributed by atoms with Gasteiger partial charge in [0.25, 0.3) is 5.92 Å². The normalized spacial score (nSPS) is 26.7. The van der Waals surface area contributed by atoms with E-state index in [0.717, 1.165) is 24.9 Å². The molecule has 244 valence electrons. The summed E-state index contributed by atoms with van der Waals surface area (Å²) in [6.07, 6.45) is 5.64. The number of nitrogens with zero attached hydrogens (tertiary/aromatic N) is 6. The van der Waals surface area contributed by atoms with E-state index >= 15 is 13.2 Å². The third kappa shape index (κ3) is 5.24. The highest BCUT2D eigenvalue weighted by Gasteiger charge is 2.49. The minimum absolute atomic E-state index is 0.0221. The molecule has 5 aliphatic rings. The van der Waals surface area contributed by atoms with Gasteiger partial charge in [0.1, 0.15) is 29.8 Å². The second-order valence-electron chi connectivity index (χ2n) is 13.3. The quantitative estimate of drug-likeness (QED) is 0.263. The molecule has 6 bridgehead atoms. The molecule has 5 aliphatic heterocycles. The molecule has 8 heterocycles. The zero-order valence-corrected chi connectivity index (χ0v) is 25.9. The van der Waals surface area contributed by atoms with Gasteiger partial charge in [0.15, 0.2) is 5.82 Å². The number of hydrogen-bond acceptors (Lipinski definition) is 8. The van der Waals surface area contributed by atoms with Crippen LogP contribution < -0.4 is 9.64 Å². The number of nitrogens with one attached hydrogen (secondary N) is 1. The summed E-state index contributed by atoms with van der Waals surface area (Å²) < 4.78 is 73.9. The van der Waals surface area contributed by atoms with Crippen molar-refractivity contribution >= 4 is 39.2 Å². The SMILES string of the molecule is Fc1c2ncc3c(nc(OC[C@@]45CCCN4C[C@H](F)C5)nc13)N1CC(COCCCCc3c(Cl)cc4[nH]ncc4c3-2)CC(F)(F)C1. The molecule has 0 aliphatic carbocycles. The van der Waals surface area contributed by atoms with Crippen LogP contribution in [-0.2, 0) is 11.2 Å². The predicted octanol–water partition coefficient (Wildman–Crippen LogP) is 6.13. The molecular weight excluding hydrogens is 626 g/mol. The largest absolute Gasteiger partial charge is 0.461 e. The number of anilines is 1. The molecule has 0 saturated carbocycles. The maximum Gasteiger partial charge on any atom is 0.319 e. The van der Waals surface area contributed by atoms with E-state index in [9.17, 15) is 4.39 Å². The Labute approximate surface area is 267 Å². The Morgan fingerprint density at radius 3 is 2.89 bits per heavy atom. The molecule has 0 spiro atoms. The van der Waals surface area contributed by atoms with Gasteiger partial charge in [0.2, 0.25) is 0 Å². The number of pyridine rings is 1. The maximum absolute atomic E-state index is 16.9. The molecule has 1 aromatic carbocycles. The van der Waals surface area contributed by atoms with E-state index in [2.05, 4.69) is 30.0 Å². The lowest BCUT2D eigenvalue weighted by Gasteiger charge is -2.38. The number of fused-ring (bicyclic) bond motifs is 8. The molecule has 9 nitrogen and oxygen atoms in total. The van der Waals surface area contributed by atoms with Crippen LogP contribution in [0.25, 0.3) is 33.1 Å². The summed E-state index contributed by atoms with van der Waals surface area (Å²) in [7, 11) is 0. The third-order valence-corrected chi connectivity index (χ3v) is 10.4. The minimum Gasteiger partial charge on any atom is -0.461 e. The van der Waals surface area contributed by atoms with Crippen molar-refractivity contribution in [3.8, 4) is 17.3 Å². The lowest BCUT2D eigenvalue weighted by Crippen LogP contribution is -2.48. The molecule has 4 aromatic rings. The lowest BCUT2D eigenvalue weighted by molar-refractivity contribution is -0.0450. The fourth-order valence-electron chi connectivity index (χ4n) is 8.00. The topological polar surface area (TPSA) is 92.3 Å². The Morgan fingerprint density at radius 2 is 2.00 bits per heavy atom. The number of aromatic nitrogens is 5. The van der Waals surface area contributed by atoms with Crippen molar-refractivity contribution in [3.63, 3.8) is 0 Å². The molecule has 46 heavy (non-hydrogen) atoms. The third-order valence-electron chi connectivity index (χ3n) is 10.0. The molecule has 3 saturated heterocycles. The van der Waals surface area contributed by atoms with E-state index < -0.39 is 35.9 Å². The fourth-order valence-corrected chi connectivity index (χ4v) is 8.30. The lowest BCUT2D eigenvalue weighted by atomic mass is 9.94. The highest BCUT2D eigenvalue weighted by molar-refractivity contribution is 6.33. The summed E-state index contributed by atoms with van der Waals surface area (Å²) in [5.41, 5.74) is 1.26. The minimum atomic E-state index is -3.02. The van der Waals surface area contributed by atoms with E-state index in [1.807, 2.05) is 0 Å². The van der Waals surface area contributed by atoms with Gasteiger partial charge in [-0.05, 0) is 50.3 Å². The van der Waals surface area contributed by atoms with E-state index in [4.69, 9.17) is 21.1 Å². The van der Waals surface area contributed by atoms with Crippen LogP contribution in [0.1, 0.15) is 44.1 Å². The van der Waals surface area contributed by atoms with Gasteiger partial charge in [-0.25, -0.2) is 17.6 Å². The molecule has 3 aromatic heterocycles. The molecular formula is C32H34ClF4N7O2. The van der Waals surface area contributed by atoms with Crippen molar-refractivity contribution in [3.05, 3.63) is 34.9 Å². The van der Waals surface area contributed by atoms with Gasteiger partial charge in [-0.15, -0.1) is 0 Å². The number of piperidine rings is 1. The summed E-state index contributed by atoms with van der Waals surface area (Å²) in [6, 6.07) is 1.62. The smallest absolute Gasteiger partial charge is 0.319 e. The molecule has 3 atom stereocenters. The van der Waals surface area contributed by atoms with Gasteiger partial charge in [0, 0.05) is 60.6 Å². The van der Waals surface area contributed by atoms with Crippen LogP contribution in [0.4, 0.5) is 23.4 Å². The van der Waals surface area contributed by atoms with Crippen molar-refractivity contribution in [2.45, 2.75) is 62.6 Å². The predicted molar refractivity (Wildman–Crippen MR) is 165 cm³/mol. The number of alkyl halides is 3. The number of H-pyrrole nitrogens is 1. The van der Waals surface area contributed by atoms with Gasteiger partial charge < -0.3 is 14.4 Å². The van der Waals surface area contributed by atoms with Crippen LogP contribution in [-0.4, -0.2) is 93.7 Å². The first-order chi connectivity index (χ1) is 22.2. The highest BCUT2D eigenvalue weighted by Crippen LogP contribution is 2.43. The average molecular weight is 660 g/mol. The van der Waals surface area contributed by atoms with Crippen molar-refractivity contribution in [1.82, 2.24) is 30.0 Å². The van der Waals surface area contributed by atoms with Crippen LogP contribution in [0.5, 0.6) is 6.01 Å². The number of ether oxygens (including phenoxy) is 2. The zero-order chi connectivity index (χ0) is 31.6. The van der Waals surface area contributed by atoms with Gasteiger partial charge in [-0.2, -0.15) is 15.1 Å². The molecule has 3 fully saturated rings. The van der Waals surface area contributed by atoms with Crippen LogP contribution in [0, 0.1) is 11.7 Å². The summed E-state index contributed by atoms with van der Waals surface area (Å²) in [5, 5.41) is 8.37. The molecule has 9 rings (SSSR count). The molecule has 1 N–H and O–H groups in total. The van der Waals surface area contributed by atoms with Gasteiger partial charge in [-0.1, -0.05) is 11.6 Å². The Balaban J connectivity index is 1.30. The van der Waals surface area contributed by atoms with E-state index in [-0.39, 0.29) is 54.6 Å². The van der Waals surface area contributed by atoms with Crippen molar-refractivity contribution in [2.75, 3.05) is 50.9 Å². The first-order valence-electron chi connectivity index (χ1n) is 15.9. The fraction of sp³-hybridized carbons (Fsp3) is 0.562. The second-order valence-corrected chi connectivity index (χ2v) is 13.7. The molecule has 0 radical (unpaired) electrons. The van der Waals surface area contributed by atoms with Crippen molar-refractivity contribution < 1.29 is 27.0 Å². The Bertz CT molecular complexity index is 1810. The average Bonchev–Trinajstić information content (AvgIpc) is 3.71. The van der Waals surface area contributed by atoms with Crippen LogP contribution >= 0.6 is 11.6 Å². The summed E-state index contributed by atoms with van der Waals surface area (Å²) in [4.78, 5) is 17.3. The van der Waals surface area contributed by atoms with Crippen molar-refractivity contribution in [1.29, 1.82) is 0 Å². The molecule has 1 unspecified atom stereocenters. The number of halogens is 5. The van der Waals surface area contributed by atoms with Gasteiger partial charge in [0.05, 0.1) is 35.8 Å². The summed E-state index contributed by atoms with van der Waals surface area (Å²) >= 11 is 6.77. The highest BCUT2D eigenvalue weighted by atomic mass is 35.5. The first kappa shape index (κ1) is 30.1. The molecule has 14 heteroatoms. The number of hydrogen-bond donors (Lipinski definition) is 1. The van der Waals surface area contributed by atoms with Crippen LogP contribution in [0.2, 0.25) is 5.02 Å². The van der Waals surface area contributed by atoms with Gasteiger partial charge in [-0.3, -0.25) is 15.0 Å². The number of benzene rings is 1. The summed E-state index contributed by atoms with van der Waals surface area (Å²) in [6.45, 7) is 1.41. The van der Waals surface area contributed by atoms with Crippen LogP contribution in [0.15, 0.2) is 18.5 Å². The number of aromatic amines is 1. The van der Waals surface area contributed by atoms with Crippen LogP contribution in [0.3, 0.4) is 0 Å². The Morgan fingerprint density at radius 1 is 1.11 bits per heavy atom. The Hall–Kier alpha value is -3.29. The summed E-state index contributed by atoms with van der Waals surface area (Å²) in [5.74, 6) is -4.12. The zero-order valence-electron chi connectivity index (χ0n) is 25.2. The first-order valence-corrected chi connectivity index (χ1v) is 16.3. The molecule has 0 amide bonds. The van der Waals surface area contributed by atoms with E-state index in [1.165, 1.54) is 11.1 Å². The maximum atomic E-state index is 16.9. The Kier molecular flexibility index (Phi) is 7.48. The van der Waals surface area contributed by atoms with Gasteiger partial charge >= 0.3 is 6.01 Å².